The number of carbonyl (C=O) groups excluding carboxylic acids is 6. The van der Waals surface area contributed by atoms with Gasteiger partial charge in [-0.1, -0.05) is 66.4 Å². The number of fused-ring (bicyclic) bond motifs is 1. The van der Waals surface area contributed by atoms with Crippen LogP contribution in [-0.4, -0.2) is 72.3 Å². The van der Waals surface area contributed by atoms with Crippen molar-refractivity contribution in [2.24, 2.45) is 50.7 Å². The zero-order chi connectivity index (χ0) is 39.9. The minimum atomic E-state index is -3.83. The quantitative estimate of drug-likeness (QED) is 0.215. The SMILES string of the molecule is C=C[C@@H]1C[C@]1(CC(=O)[C@@H]1C[C@@]2(CN1C(=O)[C@@H](CC(=O)[C@@H](NC(=O)[C@@H]1CCC(=O)C1)C1CCCCC1)C(C)(C)C)C(C)(C)C21CCC1)C(=O)NS(=O)(=O)C1CC1. The van der Waals surface area contributed by atoms with Gasteiger partial charge in [0.1, 0.15) is 5.78 Å². The van der Waals surface area contributed by atoms with Gasteiger partial charge < -0.3 is 10.2 Å². The van der Waals surface area contributed by atoms with Crippen molar-refractivity contribution in [3.63, 3.8) is 0 Å². The van der Waals surface area contributed by atoms with Crippen LogP contribution in [0.2, 0.25) is 0 Å². The highest BCUT2D eigenvalue weighted by Crippen LogP contribution is 2.88. The summed E-state index contributed by atoms with van der Waals surface area (Å²) in [7, 11) is -3.83. The summed E-state index contributed by atoms with van der Waals surface area (Å²) in [6, 6.07) is -1.56. The molecular formula is C43H63N3O8S. The topological polar surface area (TPSA) is 164 Å². The van der Waals surface area contributed by atoms with Gasteiger partial charge in [0.15, 0.2) is 11.6 Å². The highest BCUT2D eigenvalue weighted by molar-refractivity contribution is 7.90. The summed E-state index contributed by atoms with van der Waals surface area (Å²) in [4.78, 5) is 85.3. The molecule has 1 saturated heterocycles. The van der Waals surface area contributed by atoms with Crippen LogP contribution in [0.15, 0.2) is 12.7 Å². The highest BCUT2D eigenvalue weighted by Gasteiger charge is 2.85. The van der Waals surface area contributed by atoms with Crippen molar-refractivity contribution >= 4 is 45.1 Å². The molecule has 0 unspecified atom stereocenters. The zero-order valence-corrected chi connectivity index (χ0v) is 34.5. The third-order valence-electron chi connectivity index (χ3n) is 16.2. The summed E-state index contributed by atoms with van der Waals surface area (Å²) in [5, 5.41) is 2.49. The van der Waals surface area contributed by atoms with Crippen molar-refractivity contribution in [3.05, 3.63) is 12.7 Å². The van der Waals surface area contributed by atoms with Gasteiger partial charge in [0, 0.05) is 49.5 Å². The first-order valence-corrected chi connectivity index (χ1v) is 22.6. The van der Waals surface area contributed by atoms with Crippen molar-refractivity contribution in [2.75, 3.05) is 6.54 Å². The molecule has 11 nitrogen and oxygen atoms in total. The van der Waals surface area contributed by atoms with Crippen molar-refractivity contribution in [1.82, 2.24) is 14.9 Å². The van der Waals surface area contributed by atoms with Crippen LogP contribution >= 0.6 is 0 Å². The molecule has 304 valence electrons. The number of nitrogens with one attached hydrogen (secondary N) is 2. The molecule has 0 radical (unpaired) electrons. The van der Waals surface area contributed by atoms with Crippen LogP contribution < -0.4 is 10.0 Å². The van der Waals surface area contributed by atoms with Gasteiger partial charge in [-0.05, 0) is 85.9 Å². The lowest BCUT2D eigenvalue weighted by Gasteiger charge is -2.37. The van der Waals surface area contributed by atoms with Crippen LogP contribution in [0.4, 0.5) is 0 Å². The van der Waals surface area contributed by atoms with E-state index in [9.17, 15) is 32.4 Å². The van der Waals surface area contributed by atoms with E-state index in [1.54, 1.807) is 11.0 Å². The molecule has 0 bridgehead atoms. The molecule has 6 aliphatic carbocycles. The Hall–Kier alpha value is -2.89. The lowest BCUT2D eigenvalue weighted by atomic mass is 9.73. The van der Waals surface area contributed by atoms with Crippen LogP contribution in [0.25, 0.3) is 0 Å². The van der Waals surface area contributed by atoms with E-state index in [1.165, 1.54) is 0 Å². The summed E-state index contributed by atoms with van der Waals surface area (Å²) >= 11 is 0. The van der Waals surface area contributed by atoms with Crippen LogP contribution in [0.5, 0.6) is 0 Å². The van der Waals surface area contributed by atoms with Crippen molar-refractivity contribution in [1.29, 1.82) is 0 Å². The number of sulfonamides is 1. The van der Waals surface area contributed by atoms with E-state index in [0.29, 0.717) is 45.1 Å². The van der Waals surface area contributed by atoms with Gasteiger partial charge in [-0.2, -0.15) is 0 Å². The number of allylic oxidation sites excluding steroid dienone is 1. The maximum atomic E-state index is 15.2. The number of amides is 3. The second-order valence-corrected chi connectivity index (χ2v) is 22.3. The fraction of sp³-hybridized carbons (Fsp3) is 0.814. The molecule has 0 aromatic heterocycles. The van der Waals surface area contributed by atoms with E-state index < -0.39 is 55.9 Å². The third-order valence-corrected chi connectivity index (χ3v) is 18.0. The van der Waals surface area contributed by atoms with E-state index >= 15 is 4.79 Å². The summed E-state index contributed by atoms with van der Waals surface area (Å²) in [5.74, 6) is -3.16. The lowest BCUT2D eigenvalue weighted by molar-refractivity contribution is -0.147. The fourth-order valence-corrected chi connectivity index (χ4v) is 13.3. The first-order valence-electron chi connectivity index (χ1n) is 21.1. The van der Waals surface area contributed by atoms with Gasteiger partial charge in [0.25, 0.3) is 0 Å². The Balaban J connectivity index is 1.15. The van der Waals surface area contributed by atoms with Gasteiger partial charge in [-0.3, -0.25) is 33.5 Å². The predicted octanol–water partition coefficient (Wildman–Crippen LogP) is 5.60. The number of nitrogens with zero attached hydrogens (tertiary/aromatic N) is 1. The van der Waals surface area contributed by atoms with Gasteiger partial charge in [0.05, 0.1) is 22.7 Å². The fourth-order valence-electron chi connectivity index (χ4n) is 12.0. The number of hydrogen-bond donors (Lipinski definition) is 2. The molecule has 12 heteroatoms. The maximum absolute atomic E-state index is 15.2. The molecule has 6 saturated carbocycles. The van der Waals surface area contributed by atoms with Crippen LogP contribution in [0.3, 0.4) is 0 Å². The lowest BCUT2D eigenvalue weighted by Crippen LogP contribution is -2.52. The van der Waals surface area contributed by atoms with Gasteiger partial charge in [-0.25, -0.2) is 8.42 Å². The Morgan fingerprint density at radius 2 is 1.62 bits per heavy atom. The monoisotopic (exact) mass is 781 g/mol. The van der Waals surface area contributed by atoms with Crippen molar-refractivity contribution < 1.29 is 37.2 Å². The normalized spacial score (nSPS) is 33.4. The molecule has 0 aromatic carbocycles. The molecule has 7 aliphatic rings. The Kier molecular flexibility index (Phi) is 10.2. The maximum Gasteiger partial charge on any atom is 0.240 e. The Morgan fingerprint density at radius 1 is 0.945 bits per heavy atom. The molecular weight excluding hydrogens is 719 g/mol. The molecule has 7 atom stereocenters. The molecule has 1 aliphatic heterocycles. The number of Topliss-reactive ketones (excluding diaryl/α,β-unsaturated/α-hetero) is 3. The van der Waals surface area contributed by atoms with Gasteiger partial charge in [-0.15, -0.1) is 6.58 Å². The van der Waals surface area contributed by atoms with E-state index in [1.807, 2.05) is 20.8 Å². The summed E-state index contributed by atoms with van der Waals surface area (Å²) in [6.45, 7) is 14.6. The first-order chi connectivity index (χ1) is 25.7. The second kappa shape index (κ2) is 13.9. The number of hydrogen-bond acceptors (Lipinski definition) is 8. The van der Waals surface area contributed by atoms with E-state index in [2.05, 4.69) is 30.5 Å². The Labute approximate surface area is 327 Å². The Morgan fingerprint density at radius 3 is 2.13 bits per heavy atom. The summed E-state index contributed by atoms with van der Waals surface area (Å²) in [6.07, 6.45) is 12.0. The standard InChI is InChI=1S/C43H63N3O8S/c1-7-28-22-41(28,38(52)45-55(53,54)30-16-17-30)24-34(49)32-23-43(40(5,6)42(43)18-11-19-42)25-46(32)37(51)31(39(2,3)4)21-33(48)35(26-12-9-8-10-13-26)44-36(50)27-14-15-29(47)20-27/h7,26-28,30-32,35H,1,8-25H2,2-6H3,(H,44,50)(H,45,52)/t27-,28-,31-,32+,35+,41-,43-/m1/s1. The van der Waals surface area contributed by atoms with Gasteiger partial charge >= 0.3 is 0 Å². The van der Waals surface area contributed by atoms with Gasteiger partial charge in [0.2, 0.25) is 27.7 Å². The highest BCUT2D eigenvalue weighted by atomic mass is 32.2. The molecule has 7 rings (SSSR count). The Bertz CT molecular complexity index is 1770. The zero-order valence-electron chi connectivity index (χ0n) is 33.7. The molecule has 3 amide bonds. The van der Waals surface area contributed by atoms with E-state index in [0.717, 1.165) is 51.4 Å². The minimum Gasteiger partial charge on any atom is -0.346 e. The van der Waals surface area contributed by atoms with Crippen LogP contribution in [0.1, 0.15) is 144 Å². The molecule has 1 heterocycles. The molecule has 55 heavy (non-hydrogen) atoms. The minimum absolute atomic E-state index is 0.0230. The molecule has 2 spiro atoms. The second-order valence-electron chi connectivity index (χ2n) is 20.3. The summed E-state index contributed by atoms with van der Waals surface area (Å²) < 4.78 is 27.9. The van der Waals surface area contributed by atoms with Crippen LogP contribution in [0, 0.1) is 50.7 Å². The number of ketones is 3. The molecule has 7 fully saturated rings. The molecule has 0 aromatic rings. The number of carbonyl (C=O) groups is 6. The largest absolute Gasteiger partial charge is 0.346 e. The average molecular weight is 782 g/mol. The predicted molar refractivity (Wildman–Crippen MR) is 206 cm³/mol. The van der Waals surface area contributed by atoms with E-state index in [-0.39, 0.29) is 76.5 Å². The third kappa shape index (κ3) is 6.75. The number of rotatable bonds is 14. The smallest absolute Gasteiger partial charge is 0.240 e. The number of likely N-dealkylation sites (tertiary alicyclic amines) is 1. The average Bonchev–Trinajstić information content (AvgIpc) is 4.04. The van der Waals surface area contributed by atoms with Crippen LogP contribution in [-0.2, 0) is 38.8 Å². The first kappa shape index (κ1) is 40.3. The van der Waals surface area contributed by atoms with Crippen molar-refractivity contribution in [2.45, 2.75) is 161 Å². The molecule has 2 N–H and O–H groups in total. The van der Waals surface area contributed by atoms with E-state index in [4.69, 9.17) is 0 Å². The van der Waals surface area contributed by atoms with Crippen molar-refractivity contribution in [3.8, 4) is 0 Å². The summed E-state index contributed by atoms with van der Waals surface area (Å²) in [5.41, 5.74) is -2.24.